The van der Waals surface area contributed by atoms with E-state index in [1.54, 1.807) is 18.3 Å². The average molecular weight is 193 g/mol. The minimum atomic E-state index is -0.0982. The van der Waals surface area contributed by atoms with Gasteiger partial charge in [-0.1, -0.05) is 6.08 Å². The lowest BCUT2D eigenvalue weighted by Crippen LogP contribution is -2.25. The van der Waals surface area contributed by atoms with Crippen molar-refractivity contribution in [2.45, 2.75) is 13.3 Å². The Morgan fingerprint density at radius 1 is 1.71 bits per heavy atom. The van der Waals surface area contributed by atoms with Crippen LogP contribution in [0.15, 0.2) is 30.1 Å². The molecule has 0 saturated carbocycles. The Morgan fingerprint density at radius 3 is 3.07 bits per heavy atom. The molecule has 0 aliphatic carbocycles. The highest BCUT2D eigenvalue weighted by Crippen LogP contribution is 1.94. The second-order valence-electron chi connectivity index (χ2n) is 2.95. The molecule has 0 unspecified atom stereocenters. The number of hydrogen-bond acceptors (Lipinski definition) is 2. The van der Waals surface area contributed by atoms with Gasteiger partial charge in [-0.3, -0.25) is 4.79 Å². The van der Waals surface area contributed by atoms with Gasteiger partial charge < -0.3 is 16.0 Å². The maximum absolute atomic E-state index is 11.4. The Morgan fingerprint density at radius 2 is 2.50 bits per heavy atom. The van der Waals surface area contributed by atoms with Crippen LogP contribution in [0.4, 0.5) is 0 Å². The van der Waals surface area contributed by atoms with Gasteiger partial charge in [-0.25, -0.2) is 0 Å². The fourth-order valence-electron chi connectivity index (χ4n) is 1.03. The molecule has 1 rings (SSSR count). The first-order chi connectivity index (χ1) is 6.74. The minimum Gasteiger partial charge on any atom is -0.402 e. The Labute approximate surface area is 83.2 Å². The van der Waals surface area contributed by atoms with Crippen molar-refractivity contribution in [3.8, 4) is 0 Å². The normalized spacial score (nSPS) is 11.4. The van der Waals surface area contributed by atoms with Crippen molar-refractivity contribution < 1.29 is 4.79 Å². The van der Waals surface area contributed by atoms with E-state index >= 15 is 0 Å². The number of rotatable bonds is 4. The summed E-state index contributed by atoms with van der Waals surface area (Å²) in [5.41, 5.74) is 6.94. The summed E-state index contributed by atoms with van der Waals surface area (Å²) in [5.74, 6) is -0.0982. The monoisotopic (exact) mass is 193 g/mol. The summed E-state index contributed by atoms with van der Waals surface area (Å²) >= 11 is 0. The minimum absolute atomic E-state index is 0.0982. The van der Waals surface area contributed by atoms with Gasteiger partial charge in [-0.2, -0.15) is 0 Å². The maximum atomic E-state index is 11.4. The van der Waals surface area contributed by atoms with E-state index in [0.717, 1.165) is 5.70 Å². The molecule has 0 aromatic carbocycles. The second kappa shape index (κ2) is 5.11. The molecule has 4 N–H and O–H groups in total. The molecule has 76 valence electrons. The molecular weight excluding hydrogens is 178 g/mol. The summed E-state index contributed by atoms with van der Waals surface area (Å²) in [4.78, 5) is 14.2. The lowest BCUT2D eigenvalue weighted by molar-refractivity contribution is 0.0950. The molecule has 0 aliphatic heterocycles. The smallest absolute Gasteiger partial charge is 0.267 e. The first-order valence-electron chi connectivity index (χ1n) is 4.56. The van der Waals surface area contributed by atoms with Crippen molar-refractivity contribution in [1.82, 2.24) is 10.3 Å². The SMILES string of the molecule is C/C=C(\N)CCNC(=O)c1ccc[nH]1. The predicted octanol–water partition coefficient (Wildman–Crippen LogP) is 0.997. The molecule has 0 fully saturated rings. The third-order valence-corrected chi connectivity index (χ3v) is 1.91. The zero-order chi connectivity index (χ0) is 10.4. The first-order valence-corrected chi connectivity index (χ1v) is 4.56. The molecule has 0 bridgehead atoms. The van der Waals surface area contributed by atoms with Crippen molar-refractivity contribution in [3.05, 3.63) is 35.8 Å². The van der Waals surface area contributed by atoms with Crippen LogP contribution in [-0.4, -0.2) is 17.4 Å². The third-order valence-electron chi connectivity index (χ3n) is 1.91. The van der Waals surface area contributed by atoms with Crippen molar-refractivity contribution in [3.63, 3.8) is 0 Å². The maximum Gasteiger partial charge on any atom is 0.267 e. The molecule has 0 aliphatic rings. The Kier molecular flexibility index (Phi) is 3.79. The van der Waals surface area contributed by atoms with E-state index in [0.29, 0.717) is 18.7 Å². The van der Waals surface area contributed by atoms with Gasteiger partial charge in [0.15, 0.2) is 0 Å². The zero-order valence-corrected chi connectivity index (χ0v) is 8.21. The van der Waals surface area contributed by atoms with Gasteiger partial charge >= 0.3 is 0 Å². The molecule has 1 amide bonds. The van der Waals surface area contributed by atoms with E-state index in [4.69, 9.17) is 5.73 Å². The molecule has 0 saturated heterocycles. The van der Waals surface area contributed by atoms with Crippen LogP contribution in [-0.2, 0) is 0 Å². The van der Waals surface area contributed by atoms with Gasteiger partial charge in [0.2, 0.25) is 0 Å². The highest BCUT2D eigenvalue weighted by Gasteiger charge is 2.03. The van der Waals surface area contributed by atoms with Crippen LogP contribution in [0.25, 0.3) is 0 Å². The average Bonchev–Trinajstić information content (AvgIpc) is 2.70. The molecule has 1 heterocycles. The van der Waals surface area contributed by atoms with E-state index in [9.17, 15) is 4.79 Å². The Balaban J connectivity index is 2.29. The molecule has 14 heavy (non-hydrogen) atoms. The molecular formula is C10H15N3O. The summed E-state index contributed by atoms with van der Waals surface area (Å²) in [7, 11) is 0. The van der Waals surface area contributed by atoms with Crippen molar-refractivity contribution >= 4 is 5.91 Å². The molecule has 1 aromatic heterocycles. The van der Waals surface area contributed by atoms with Gasteiger partial charge in [-0.15, -0.1) is 0 Å². The van der Waals surface area contributed by atoms with Gasteiger partial charge in [0, 0.05) is 24.9 Å². The number of allylic oxidation sites excluding steroid dienone is 1. The van der Waals surface area contributed by atoms with Crippen LogP contribution in [0.5, 0.6) is 0 Å². The highest BCUT2D eigenvalue weighted by atomic mass is 16.1. The molecule has 1 aromatic rings. The summed E-state index contributed by atoms with van der Waals surface area (Å²) in [6.45, 7) is 2.44. The van der Waals surface area contributed by atoms with Crippen LogP contribution in [0.1, 0.15) is 23.8 Å². The standard InChI is InChI=1S/C10H15N3O/c1-2-8(11)5-7-13-10(14)9-4-3-6-12-9/h2-4,6,12H,5,7,11H2,1H3,(H,13,14)/b8-2-. The van der Waals surface area contributed by atoms with E-state index < -0.39 is 0 Å². The van der Waals surface area contributed by atoms with Crippen molar-refractivity contribution in [2.75, 3.05) is 6.54 Å². The van der Waals surface area contributed by atoms with Crippen LogP contribution in [0, 0.1) is 0 Å². The summed E-state index contributed by atoms with van der Waals surface area (Å²) in [6.07, 6.45) is 4.24. The van der Waals surface area contributed by atoms with Gasteiger partial charge in [-0.05, 0) is 19.1 Å². The van der Waals surface area contributed by atoms with Crippen molar-refractivity contribution in [1.29, 1.82) is 0 Å². The third kappa shape index (κ3) is 2.97. The van der Waals surface area contributed by atoms with Gasteiger partial charge in [0.05, 0.1) is 0 Å². The lowest BCUT2D eigenvalue weighted by atomic mass is 10.3. The number of nitrogens with one attached hydrogen (secondary N) is 2. The van der Waals surface area contributed by atoms with Crippen LogP contribution in [0.3, 0.4) is 0 Å². The number of H-pyrrole nitrogens is 1. The molecule has 0 radical (unpaired) electrons. The highest BCUT2D eigenvalue weighted by molar-refractivity contribution is 5.92. The van der Waals surface area contributed by atoms with Crippen LogP contribution >= 0.6 is 0 Å². The number of aromatic amines is 1. The van der Waals surface area contributed by atoms with E-state index in [1.807, 2.05) is 13.0 Å². The quantitative estimate of drug-likeness (QED) is 0.667. The summed E-state index contributed by atoms with van der Waals surface area (Å²) in [6, 6.07) is 3.52. The molecule has 0 spiro atoms. The number of nitrogens with two attached hydrogens (primary N) is 1. The molecule has 4 nitrogen and oxygen atoms in total. The summed E-state index contributed by atoms with van der Waals surface area (Å²) in [5, 5.41) is 2.76. The Bertz CT molecular complexity index is 314. The number of carbonyl (C=O) groups excluding carboxylic acids is 1. The van der Waals surface area contributed by atoms with E-state index in [2.05, 4.69) is 10.3 Å². The van der Waals surface area contributed by atoms with Gasteiger partial charge in [0.1, 0.15) is 5.69 Å². The lowest BCUT2D eigenvalue weighted by Gasteiger charge is -2.03. The molecule has 4 heteroatoms. The summed E-state index contributed by atoms with van der Waals surface area (Å²) < 4.78 is 0. The van der Waals surface area contributed by atoms with Crippen LogP contribution in [0.2, 0.25) is 0 Å². The topological polar surface area (TPSA) is 70.9 Å². The van der Waals surface area contributed by atoms with E-state index in [-0.39, 0.29) is 5.91 Å². The Hall–Kier alpha value is -1.71. The molecule has 0 atom stereocenters. The fourth-order valence-corrected chi connectivity index (χ4v) is 1.03. The zero-order valence-electron chi connectivity index (χ0n) is 8.21. The number of carbonyl (C=O) groups is 1. The number of hydrogen-bond donors (Lipinski definition) is 3. The number of amides is 1. The van der Waals surface area contributed by atoms with Gasteiger partial charge in [0.25, 0.3) is 5.91 Å². The van der Waals surface area contributed by atoms with Crippen molar-refractivity contribution in [2.24, 2.45) is 5.73 Å². The van der Waals surface area contributed by atoms with Crippen LogP contribution < -0.4 is 11.1 Å². The first kappa shape index (κ1) is 10.4. The van der Waals surface area contributed by atoms with E-state index in [1.165, 1.54) is 0 Å². The fraction of sp³-hybridized carbons (Fsp3) is 0.300. The second-order valence-corrected chi connectivity index (χ2v) is 2.95. The largest absolute Gasteiger partial charge is 0.402 e. The predicted molar refractivity (Wildman–Crippen MR) is 55.7 cm³/mol. The number of aromatic nitrogens is 1.